The van der Waals surface area contributed by atoms with E-state index < -0.39 is 0 Å². The van der Waals surface area contributed by atoms with Crippen molar-refractivity contribution in [2.75, 3.05) is 5.32 Å². The molecule has 2 heteroatoms. The van der Waals surface area contributed by atoms with Crippen molar-refractivity contribution in [1.29, 1.82) is 5.26 Å². The van der Waals surface area contributed by atoms with Gasteiger partial charge in [0.05, 0.1) is 12.5 Å². The highest BCUT2D eigenvalue weighted by Crippen LogP contribution is 2.10. The van der Waals surface area contributed by atoms with Gasteiger partial charge < -0.3 is 5.32 Å². The standard InChI is InChI=1S/C12H14N2/c1-2-6-11(9-10-13)14-12-7-4-3-5-8-12/h2-5,7-8,11,14H,1,6,9H2. The van der Waals surface area contributed by atoms with Crippen LogP contribution in [-0.4, -0.2) is 6.04 Å². The molecule has 1 N–H and O–H groups in total. The molecule has 0 aliphatic rings. The molecule has 0 fully saturated rings. The molecule has 0 saturated carbocycles. The Balaban J connectivity index is 2.56. The van der Waals surface area contributed by atoms with E-state index in [1.54, 1.807) is 0 Å². The van der Waals surface area contributed by atoms with Crippen LogP contribution in [0.4, 0.5) is 5.69 Å². The van der Waals surface area contributed by atoms with Crippen molar-refractivity contribution in [3.63, 3.8) is 0 Å². The van der Waals surface area contributed by atoms with Gasteiger partial charge in [-0.3, -0.25) is 0 Å². The number of rotatable bonds is 5. The van der Waals surface area contributed by atoms with Crippen molar-refractivity contribution in [3.8, 4) is 6.07 Å². The molecule has 14 heavy (non-hydrogen) atoms. The van der Waals surface area contributed by atoms with E-state index in [2.05, 4.69) is 18.0 Å². The lowest BCUT2D eigenvalue weighted by molar-refractivity contribution is 0.752. The minimum atomic E-state index is 0.167. The fraction of sp³-hybridized carbons (Fsp3) is 0.250. The summed E-state index contributed by atoms with van der Waals surface area (Å²) in [5.74, 6) is 0. The van der Waals surface area contributed by atoms with Crippen LogP contribution in [-0.2, 0) is 0 Å². The molecule has 0 amide bonds. The van der Waals surface area contributed by atoms with Crippen molar-refractivity contribution < 1.29 is 0 Å². The second-order valence-electron chi connectivity index (χ2n) is 3.09. The Morgan fingerprint density at radius 1 is 1.43 bits per heavy atom. The van der Waals surface area contributed by atoms with E-state index in [0.717, 1.165) is 12.1 Å². The van der Waals surface area contributed by atoms with Gasteiger partial charge in [0.15, 0.2) is 0 Å². The smallest absolute Gasteiger partial charge is 0.0643 e. The summed E-state index contributed by atoms with van der Waals surface area (Å²) in [6.45, 7) is 3.67. The Morgan fingerprint density at radius 2 is 2.14 bits per heavy atom. The first kappa shape index (κ1) is 10.3. The first-order chi connectivity index (χ1) is 6.86. The van der Waals surface area contributed by atoms with Gasteiger partial charge in [-0.1, -0.05) is 24.3 Å². The average molecular weight is 186 g/mol. The third kappa shape index (κ3) is 3.32. The zero-order valence-electron chi connectivity index (χ0n) is 8.11. The third-order valence-electron chi connectivity index (χ3n) is 1.93. The minimum Gasteiger partial charge on any atom is -0.381 e. The van der Waals surface area contributed by atoms with Crippen LogP contribution in [0.25, 0.3) is 0 Å². The van der Waals surface area contributed by atoms with Crippen LogP contribution in [0.3, 0.4) is 0 Å². The van der Waals surface area contributed by atoms with Crippen molar-refractivity contribution >= 4 is 5.69 Å². The number of nitrogens with one attached hydrogen (secondary N) is 1. The highest BCUT2D eigenvalue weighted by Gasteiger charge is 2.04. The molecular formula is C12H14N2. The molecule has 0 aromatic heterocycles. The summed E-state index contributed by atoms with van der Waals surface area (Å²) in [5.41, 5.74) is 1.05. The van der Waals surface area contributed by atoms with Gasteiger partial charge in [0.2, 0.25) is 0 Å². The van der Waals surface area contributed by atoms with Gasteiger partial charge in [-0.25, -0.2) is 0 Å². The monoisotopic (exact) mass is 186 g/mol. The molecule has 0 heterocycles. The lowest BCUT2D eigenvalue weighted by atomic mass is 10.1. The molecule has 1 rings (SSSR count). The van der Waals surface area contributed by atoms with Crippen LogP contribution in [0.5, 0.6) is 0 Å². The molecule has 72 valence electrons. The SMILES string of the molecule is C=CCC(CC#N)Nc1ccccc1. The van der Waals surface area contributed by atoms with Gasteiger partial charge in [0, 0.05) is 11.7 Å². The summed E-state index contributed by atoms with van der Waals surface area (Å²) in [5, 5.41) is 11.9. The van der Waals surface area contributed by atoms with Crippen LogP contribution in [0.15, 0.2) is 43.0 Å². The summed E-state index contributed by atoms with van der Waals surface area (Å²) in [4.78, 5) is 0. The number of benzene rings is 1. The topological polar surface area (TPSA) is 35.8 Å². The highest BCUT2D eigenvalue weighted by atomic mass is 14.9. The molecule has 0 spiro atoms. The van der Waals surface area contributed by atoms with Gasteiger partial charge in [-0.2, -0.15) is 5.26 Å². The van der Waals surface area contributed by atoms with Gasteiger partial charge in [-0.05, 0) is 18.6 Å². The van der Waals surface area contributed by atoms with E-state index in [4.69, 9.17) is 5.26 Å². The quantitative estimate of drug-likeness (QED) is 0.717. The van der Waals surface area contributed by atoms with Crippen LogP contribution >= 0.6 is 0 Å². The van der Waals surface area contributed by atoms with Crippen molar-refractivity contribution in [2.45, 2.75) is 18.9 Å². The molecule has 0 aliphatic heterocycles. The Kier molecular flexibility index (Phi) is 4.30. The maximum Gasteiger partial charge on any atom is 0.0643 e. The van der Waals surface area contributed by atoms with Gasteiger partial charge >= 0.3 is 0 Å². The molecule has 1 atom stereocenters. The molecule has 1 unspecified atom stereocenters. The summed E-state index contributed by atoms with van der Waals surface area (Å²) in [7, 11) is 0. The van der Waals surface area contributed by atoms with Gasteiger partial charge in [-0.15, -0.1) is 6.58 Å². The van der Waals surface area contributed by atoms with E-state index in [1.165, 1.54) is 0 Å². The molecule has 0 radical (unpaired) electrons. The van der Waals surface area contributed by atoms with E-state index in [1.807, 2.05) is 36.4 Å². The van der Waals surface area contributed by atoms with E-state index >= 15 is 0 Å². The maximum atomic E-state index is 8.62. The van der Waals surface area contributed by atoms with Crippen molar-refractivity contribution in [1.82, 2.24) is 0 Å². The summed E-state index contributed by atoms with van der Waals surface area (Å²) < 4.78 is 0. The summed E-state index contributed by atoms with van der Waals surface area (Å²) in [6.07, 6.45) is 3.14. The predicted octanol–water partition coefficient (Wildman–Crippen LogP) is 2.96. The fourth-order valence-corrected chi connectivity index (χ4v) is 1.27. The fourth-order valence-electron chi connectivity index (χ4n) is 1.27. The number of nitriles is 1. The van der Waals surface area contributed by atoms with E-state index in [-0.39, 0.29) is 6.04 Å². The number of hydrogen-bond donors (Lipinski definition) is 1. The molecule has 0 bridgehead atoms. The molecule has 0 saturated heterocycles. The second kappa shape index (κ2) is 5.82. The highest BCUT2D eigenvalue weighted by molar-refractivity contribution is 5.43. The lowest BCUT2D eigenvalue weighted by Crippen LogP contribution is -2.17. The van der Waals surface area contributed by atoms with Crippen LogP contribution < -0.4 is 5.32 Å². The molecule has 0 aliphatic carbocycles. The second-order valence-corrected chi connectivity index (χ2v) is 3.09. The Morgan fingerprint density at radius 3 is 2.71 bits per heavy atom. The molecule has 1 aromatic carbocycles. The van der Waals surface area contributed by atoms with Crippen LogP contribution in [0.2, 0.25) is 0 Å². The van der Waals surface area contributed by atoms with Crippen molar-refractivity contribution in [3.05, 3.63) is 43.0 Å². The largest absolute Gasteiger partial charge is 0.381 e. The number of anilines is 1. The van der Waals surface area contributed by atoms with Crippen molar-refractivity contribution in [2.24, 2.45) is 0 Å². The molecule has 1 aromatic rings. The maximum absolute atomic E-state index is 8.62. The summed E-state index contributed by atoms with van der Waals surface area (Å²) in [6, 6.07) is 12.2. The van der Waals surface area contributed by atoms with Gasteiger partial charge in [0.1, 0.15) is 0 Å². The first-order valence-corrected chi connectivity index (χ1v) is 4.66. The number of nitrogens with zero attached hydrogens (tertiary/aromatic N) is 1. The van der Waals surface area contributed by atoms with E-state index in [0.29, 0.717) is 6.42 Å². The molecule has 2 nitrogen and oxygen atoms in total. The first-order valence-electron chi connectivity index (χ1n) is 4.66. The van der Waals surface area contributed by atoms with Gasteiger partial charge in [0.25, 0.3) is 0 Å². The zero-order chi connectivity index (χ0) is 10.2. The Bertz CT molecular complexity index is 311. The third-order valence-corrected chi connectivity index (χ3v) is 1.93. The zero-order valence-corrected chi connectivity index (χ0v) is 8.11. The number of para-hydroxylation sites is 1. The minimum absolute atomic E-state index is 0.167. The number of hydrogen-bond acceptors (Lipinski definition) is 2. The average Bonchev–Trinajstić information content (AvgIpc) is 2.20. The molecular weight excluding hydrogens is 172 g/mol. The van der Waals surface area contributed by atoms with Crippen LogP contribution in [0.1, 0.15) is 12.8 Å². The normalized spacial score (nSPS) is 11.4. The predicted molar refractivity (Wildman–Crippen MR) is 58.9 cm³/mol. The van der Waals surface area contributed by atoms with E-state index in [9.17, 15) is 0 Å². The summed E-state index contributed by atoms with van der Waals surface area (Å²) >= 11 is 0. The Hall–Kier alpha value is -1.75. The van der Waals surface area contributed by atoms with Crippen LogP contribution in [0, 0.1) is 11.3 Å². The Labute approximate surface area is 84.9 Å². The lowest BCUT2D eigenvalue weighted by Gasteiger charge is -2.14.